The van der Waals surface area contributed by atoms with E-state index in [0.29, 0.717) is 22.4 Å². The van der Waals surface area contributed by atoms with E-state index in [0.717, 1.165) is 5.56 Å². The smallest absolute Gasteiger partial charge is 0.338 e. The number of hydrogen-bond acceptors (Lipinski definition) is 7. The molecule has 24 heavy (non-hydrogen) atoms. The Morgan fingerprint density at radius 2 is 2.12 bits per heavy atom. The molecule has 0 amide bonds. The summed E-state index contributed by atoms with van der Waals surface area (Å²) in [6.45, 7) is 3.88. The van der Waals surface area contributed by atoms with Gasteiger partial charge < -0.3 is 15.2 Å². The number of hydrogen-bond donors (Lipinski definition) is 2. The molecule has 0 saturated carbocycles. The van der Waals surface area contributed by atoms with Crippen molar-refractivity contribution in [2.75, 3.05) is 18.2 Å². The van der Waals surface area contributed by atoms with Crippen LogP contribution in [0.4, 0.5) is 5.95 Å². The van der Waals surface area contributed by atoms with Gasteiger partial charge in [0.05, 0.1) is 12.2 Å². The van der Waals surface area contributed by atoms with Crippen molar-refractivity contribution in [2.24, 2.45) is 0 Å². The summed E-state index contributed by atoms with van der Waals surface area (Å²) >= 11 is 1.43. The fourth-order valence-electron chi connectivity index (χ4n) is 2.66. The largest absolute Gasteiger partial charge is 0.508 e. The van der Waals surface area contributed by atoms with Crippen LogP contribution in [0.2, 0.25) is 0 Å². The zero-order valence-corrected chi connectivity index (χ0v) is 14.4. The summed E-state index contributed by atoms with van der Waals surface area (Å²) in [5, 5.41) is 17.8. The van der Waals surface area contributed by atoms with E-state index in [1.807, 2.05) is 13.2 Å². The Kier molecular flexibility index (Phi) is 4.48. The van der Waals surface area contributed by atoms with E-state index < -0.39 is 12.0 Å². The Labute approximate surface area is 143 Å². The second-order valence-corrected chi connectivity index (χ2v) is 6.02. The zero-order chi connectivity index (χ0) is 17.3. The first-order valence-electron chi connectivity index (χ1n) is 7.49. The normalized spacial score (nSPS) is 16.5. The van der Waals surface area contributed by atoms with Crippen LogP contribution in [0, 0.1) is 0 Å². The predicted octanol–water partition coefficient (Wildman–Crippen LogP) is 2.56. The van der Waals surface area contributed by atoms with Gasteiger partial charge in [-0.15, -0.1) is 5.10 Å². The number of fused-ring (bicyclic) bond motifs is 1. The maximum Gasteiger partial charge on any atom is 0.338 e. The number of nitrogens with one attached hydrogen (secondary N) is 1. The molecule has 0 radical (unpaired) electrons. The lowest BCUT2D eigenvalue weighted by atomic mass is 9.96. The summed E-state index contributed by atoms with van der Waals surface area (Å²) in [6.07, 6.45) is 1.89. The van der Waals surface area contributed by atoms with E-state index in [9.17, 15) is 9.90 Å². The number of carbonyl (C=O) groups is 1. The van der Waals surface area contributed by atoms with Gasteiger partial charge in [0.2, 0.25) is 11.1 Å². The van der Waals surface area contributed by atoms with Crippen LogP contribution in [0.5, 0.6) is 5.75 Å². The van der Waals surface area contributed by atoms with E-state index in [1.54, 1.807) is 35.9 Å². The second-order valence-electron chi connectivity index (χ2n) is 5.24. The van der Waals surface area contributed by atoms with Gasteiger partial charge in [-0.1, -0.05) is 23.9 Å². The molecule has 0 fully saturated rings. The summed E-state index contributed by atoms with van der Waals surface area (Å²) in [4.78, 5) is 16.9. The third-order valence-electron chi connectivity index (χ3n) is 3.72. The van der Waals surface area contributed by atoms with Crippen LogP contribution in [-0.2, 0) is 9.53 Å². The highest BCUT2D eigenvalue weighted by Crippen LogP contribution is 2.36. The number of thioether (sulfide) groups is 1. The van der Waals surface area contributed by atoms with Gasteiger partial charge >= 0.3 is 5.97 Å². The van der Waals surface area contributed by atoms with E-state index in [4.69, 9.17) is 4.74 Å². The highest BCUT2D eigenvalue weighted by Gasteiger charge is 2.35. The summed E-state index contributed by atoms with van der Waals surface area (Å²) in [5.41, 5.74) is 1.97. The molecule has 2 heterocycles. The summed E-state index contributed by atoms with van der Waals surface area (Å²) in [5.74, 6) is 0.338. The van der Waals surface area contributed by atoms with Gasteiger partial charge in [0, 0.05) is 5.70 Å². The molecule has 3 rings (SSSR count). The predicted molar refractivity (Wildman–Crippen MR) is 91.0 cm³/mol. The van der Waals surface area contributed by atoms with Crippen LogP contribution in [0.3, 0.4) is 0 Å². The molecule has 0 bridgehead atoms. The summed E-state index contributed by atoms with van der Waals surface area (Å²) in [6, 6.07) is 6.24. The second kappa shape index (κ2) is 6.56. The minimum atomic E-state index is -0.464. The van der Waals surface area contributed by atoms with Crippen LogP contribution < -0.4 is 5.32 Å². The quantitative estimate of drug-likeness (QED) is 0.649. The monoisotopic (exact) mass is 346 g/mol. The molecule has 2 N–H and O–H groups in total. The lowest BCUT2D eigenvalue weighted by Crippen LogP contribution is -2.29. The molecule has 8 heteroatoms. The van der Waals surface area contributed by atoms with E-state index in [1.165, 1.54) is 11.8 Å². The number of rotatable bonds is 4. The molecule has 0 unspecified atom stereocenters. The zero-order valence-electron chi connectivity index (χ0n) is 13.6. The average Bonchev–Trinajstić information content (AvgIpc) is 2.97. The molecule has 2 aromatic rings. The fourth-order valence-corrected chi connectivity index (χ4v) is 3.00. The van der Waals surface area contributed by atoms with E-state index in [2.05, 4.69) is 15.4 Å². The number of aromatic hydroxyl groups is 1. The number of ether oxygens (including phenoxy) is 1. The topological polar surface area (TPSA) is 89.3 Å². The minimum absolute atomic E-state index is 0.162. The van der Waals surface area contributed by atoms with Gasteiger partial charge in [-0.05, 0) is 37.8 Å². The van der Waals surface area contributed by atoms with Crippen molar-refractivity contribution in [1.29, 1.82) is 0 Å². The van der Waals surface area contributed by atoms with Crippen molar-refractivity contribution in [2.45, 2.75) is 25.0 Å². The number of phenols is 1. The fraction of sp³-hybridized carbons (Fsp3) is 0.312. The van der Waals surface area contributed by atoms with Crippen molar-refractivity contribution in [1.82, 2.24) is 14.8 Å². The molecule has 0 spiro atoms. The lowest BCUT2D eigenvalue weighted by Gasteiger charge is -2.28. The number of anilines is 1. The number of aromatic nitrogens is 3. The van der Waals surface area contributed by atoms with Crippen LogP contribution >= 0.6 is 11.8 Å². The third-order valence-corrected chi connectivity index (χ3v) is 4.26. The number of allylic oxidation sites excluding steroid dienone is 1. The number of nitrogens with zero attached hydrogens (tertiary/aromatic N) is 3. The molecule has 126 valence electrons. The standard InChI is InChI=1S/C16H18N4O3S/c1-4-23-14(22)12-9(2)17-15-18-16(24-3)19-20(15)13(12)10-5-7-11(21)8-6-10/h5-8,13,21H,4H2,1-3H3,(H,17,18,19)/t13-/m0/s1. The summed E-state index contributed by atoms with van der Waals surface area (Å²) in [7, 11) is 0. The van der Waals surface area contributed by atoms with Crippen molar-refractivity contribution in [3.8, 4) is 5.75 Å². The van der Waals surface area contributed by atoms with Gasteiger partial charge in [0.25, 0.3) is 0 Å². The van der Waals surface area contributed by atoms with Crippen molar-refractivity contribution in [3.63, 3.8) is 0 Å². The van der Waals surface area contributed by atoms with Crippen LogP contribution in [0.15, 0.2) is 40.7 Å². The average molecular weight is 346 g/mol. The van der Waals surface area contributed by atoms with E-state index in [-0.39, 0.29) is 12.4 Å². The van der Waals surface area contributed by atoms with Gasteiger partial charge in [0.15, 0.2) is 0 Å². The third kappa shape index (κ3) is 2.84. The van der Waals surface area contributed by atoms with Crippen LogP contribution in [0.25, 0.3) is 0 Å². The lowest BCUT2D eigenvalue weighted by molar-refractivity contribution is -0.139. The molecular formula is C16H18N4O3S. The minimum Gasteiger partial charge on any atom is -0.508 e. The van der Waals surface area contributed by atoms with Crippen LogP contribution in [-0.4, -0.2) is 38.7 Å². The molecule has 1 aliphatic heterocycles. The molecule has 1 atom stereocenters. The first-order chi connectivity index (χ1) is 11.5. The number of carbonyl (C=O) groups excluding carboxylic acids is 1. The number of phenolic OH excluding ortho intramolecular Hbond substituents is 1. The number of benzene rings is 1. The molecule has 1 aromatic heterocycles. The van der Waals surface area contributed by atoms with Gasteiger partial charge in [0.1, 0.15) is 11.8 Å². The van der Waals surface area contributed by atoms with Gasteiger partial charge in [-0.25, -0.2) is 9.48 Å². The maximum absolute atomic E-state index is 12.5. The molecule has 1 aromatic carbocycles. The first-order valence-corrected chi connectivity index (χ1v) is 8.72. The molecule has 1 aliphatic rings. The molecule has 0 saturated heterocycles. The molecule has 0 aliphatic carbocycles. The van der Waals surface area contributed by atoms with Crippen molar-refractivity contribution >= 4 is 23.7 Å². The van der Waals surface area contributed by atoms with Gasteiger partial charge in [-0.3, -0.25) is 0 Å². The molecule has 7 nitrogen and oxygen atoms in total. The Morgan fingerprint density at radius 1 is 1.42 bits per heavy atom. The Morgan fingerprint density at radius 3 is 2.75 bits per heavy atom. The first kappa shape index (κ1) is 16.4. The van der Waals surface area contributed by atoms with Gasteiger partial charge in [-0.2, -0.15) is 4.98 Å². The highest BCUT2D eigenvalue weighted by molar-refractivity contribution is 7.98. The van der Waals surface area contributed by atoms with E-state index >= 15 is 0 Å². The maximum atomic E-state index is 12.5. The van der Waals surface area contributed by atoms with Crippen molar-refractivity contribution in [3.05, 3.63) is 41.1 Å². The Bertz CT molecular complexity index is 798. The number of esters is 1. The summed E-state index contributed by atoms with van der Waals surface area (Å²) < 4.78 is 6.90. The molecular weight excluding hydrogens is 328 g/mol. The Balaban J connectivity index is 2.15. The SMILES string of the molecule is CCOC(=O)C1=C(C)Nc2nc(SC)nn2[C@H]1c1ccc(O)cc1. The van der Waals surface area contributed by atoms with Crippen molar-refractivity contribution < 1.29 is 14.6 Å². The Hall–Kier alpha value is -2.48. The van der Waals surface area contributed by atoms with Crippen LogP contribution in [0.1, 0.15) is 25.5 Å². The highest BCUT2D eigenvalue weighted by atomic mass is 32.2.